The molecule has 0 aromatic rings. The van der Waals surface area contributed by atoms with Crippen LogP contribution in [-0.2, 0) is 9.47 Å². The van der Waals surface area contributed by atoms with Crippen molar-refractivity contribution in [1.82, 2.24) is 0 Å². The van der Waals surface area contributed by atoms with Gasteiger partial charge in [-0.2, -0.15) is 0 Å². The zero-order chi connectivity index (χ0) is 10.2. The van der Waals surface area contributed by atoms with Crippen LogP contribution in [0.3, 0.4) is 0 Å². The highest BCUT2D eigenvalue weighted by molar-refractivity contribution is 4.91. The van der Waals surface area contributed by atoms with Crippen LogP contribution >= 0.6 is 0 Å². The van der Waals surface area contributed by atoms with Gasteiger partial charge in [-0.05, 0) is 24.2 Å². The minimum absolute atomic E-state index is 0.211. The summed E-state index contributed by atoms with van der Waals surface area (Å²) in [4.78, 5) is 0. The second-order valence-electron chi connectivity index (χ2n) is 5.45. The second-order valence-corrected chi connectivity index (χ2v) is 5.45. The molecule has 0 aromatic carbocycles. The Morgan fingerprint density at radius 1 is 1.07 bits per heavy atom. The van der Waals surface area contributed by atoms with Gasteiger partial charge in [0.1, 0.15) is 0 Å². The molecule has 2 fully saturated rings. The first kappa shape index (κ1) is 10.4. The fourth-order valence-corrected chi connectivity index (χ4v) is 2.79. The average Bonchev–Trinajstić information content (AvgIpc) is 2.53. The van der Waals surface area contributed by atoms with Crippen LogP contribution < -0.4 is 0 Å². The minimum Gasteiger partial charge on any atom is -0.348 e. The van der Waals surface area contributed by atoms with E-state index in [2.05, 4.69) is 20.8 Å². The molecule has 82 valence electrons. The van der Waals surface area contributed by atoms with Gasteiger partial charge in [-0.3, -0.25) is 0 Å². The molecule has 0 bridgehead atoms. The summed E-state index contributed by atoms with van der Waals surface area (Å²) in [6.07, 6.45) is 4.74. The highest BCUT2D eigenvalue weighted by Gasteiger charge is 2.47. The van der Waals surface area contributed by atoms with Gasteiger partial charge in [0.2, 0.25) is 0 Å². The van der Waals surface area contributed by atoms with Crippen molar-refractivity contribution in [2.24, 2.45) is 11.3 Å². The number of rotatable bonds is 1. The van der Waals surface area contributed by atoms with Crippen LogP contribution in [0, 0.1) is 11.3 Å². The van der Waals surface area contributed by atoms with E-state index >= 15 is 0 Å². The molecule has 1 heterocycles. The van der Waals surface area contributed by atoms with E-state index in [4.69, 9.17) is 9.47 Å². The fourth-order valence-electron chi connectivity index (χ4n) is 2.79. The minimum atomic E-state index is -0.211. The molecule has 14 heavy (non-hydrogen) atoms. The van der Waals surface area contributed by atoms with Crippen molar-refractivity contribution in [2.75, 3.05) is 13.2 Å². The molecule has 0 amide bonds. The Bertz CT molecular complexity index is 202. The van der Waals surface area contributed by atoms with Gasteiger partial charge in [-0.15, -0.1) is 0 Å². The standard InChI is InChI=1S/C12H22O2/c1-10(2)11(3)5-4-6-12(9-11)13-7-8-14-12/h10H,4-9H2,1-3H3. The van der Waals surface area contributed by atoms with Gasteiger partial charge in [0.05, 0.1) is 13.2 Å². The summed E-state index contributed by atoms with van der Waals surface area (Å²) >= 11 is 0. The molecule has 2 rings (SSSR count). The van der Waals surface area contributed by atoms with Crippen molar-refractivity contribution in [3.05, 3.63) is 0 Å². The first-order valence-electron chi connectivity index (χ1n) is 5.84. The summed E-state index contributed by atoms with van der Waals surface area (Å²) < 4.78 is 11.6. The van der Waals surface area contributed by atoms with Crippen LogP contribution in [0.5, 0.6) is 0 Å². The van der Waals surface area contributed by atoms with E-state index in [1.807, 2.05) is 0 Å². The van der Waals surface area contributed by atoms with Gasteiger partial charge in [-0.1, -0.05) is 20.8 Å². The molecule has 1 aliphatic carbocycles. The Balaban J connectivity index is 2.10. The zero-order valence-corrected chi connectivity index (χ0v) is 9.64. The summed E-state index contributed by atoms with van der Waals surface area (Å²) in [5, 5.41) is 0. The summed E-state index contributed by atoms with van der Waals surface area (Å²) in [5.74, 6) is 0.504. The van der Waals surface area contributed by atoms with Crippen molar-refractivity contribution >= 4 is 0 Å². The molecule has 0 N–H and O–H groups in total. The van der Waals surface area contributed by atoms with Crippen molar-refractivity contribution < 1.29 is 9.47 Å². The van der Waals surface area contributed by atoms with Crippen LogP contribution in [0.1, 0.15) is 46.5 Å². The Labute approximate surface area is 87.0 Å². The van der Waals surface area contributed by atoms with Crippen LogP contribution in [0.15, 0.2) is 0 Å². The van der Waals surface area contributed by atoms with Crippen molar-refractivity contribution in [3.63, 3.8) is 0 Å². The first-order valence-corrected chi connectivity index (χ1v) is 5.84. The van der Waals surface area contributed by atoms with E-state index in [9.17, 15) is 0 Å². The Hall–Kier alpha value is -0.0800. The summed E-state index contributed by atoms with van der Waals surface area (Å²) in [7, 11) is 0. The predicted octanol–water partition coefficient (Wildman–Crippen LogP) is 2.97. The summed E-state index contributed by atoms with van der Waals surface area (Å²) in [5.41, 5.74) is 0.405. The Kier molecular flexibility index (Phi) is 2.61. The normalized spacial score (nSPS) is 36.9. The molecule has 1 atom stereocenters. The largest absolute Gasteiger partial charge is 0.348 e. The van der Waals surface area contributed by atoms with Crippen LogP contribution in [0.2, 0.25) is 0 Å². The molecule has 1 unspecified atom stereocenters. The third-order valence-electron chi connectivity index (χ3n) is 4.19. The van der Waals surface area contributed by atoms with Gasteiger partial charge in [0.25, 0.3) is 0 Å². The highest BCUT2D eigenvalue weighted by Crippen LogP contribution is 2.49. The zero-order valence-electron chi connectivity index (χ0n) is 9.64. The number of ether oxygens (including phenoxy) is 2. The van der Waals surface area contributed by atoms with Crippen molar-refractivity contribution in [3.8, 4) is 0 Å². The van der Waals surface area contributed by atoms with Gasteiger partial charge in [-0.25, -0.2) is 0 Å². The molecule has 2 heteroatoms. The van der Waals surface area contributed by atoms with Gasteiger partial charge < -0.3 is 9.47 Å². The molecule has 1 saturated heterocycles. The van der Waals surface area contributed by atoms with Crippen LogP contribution in [0.4, 0.5) is 0 Å². The monoisotopic (exact) mass is 198 g/mol. The van der Waals surface area contributed by atoms with Crippen LogP contribution in [0.25, 0.3) is 0 Å². The van der Waals surface area contributed by atoms with E-state index in [-0.39, 0.29) is 5.79 Å². The molecule has 2 nitrogen and oxygen atoms in total. The molecule has 1 spiro atoms. The summed E-state index contributed by atoms with van der Waals surface area (Å²) in [6.45, 7) is 8.58. The van der Waals surface area contributed by atoms with E-state index < -0.39 is 0 Å². The van der Waals surface area contributed by atoms with E-state index in [0.717, 1.165) is 26.1 Å². The second kappa shape index (κ2) is 3.49. The smallest absolute Gasteiger partial charge is 0.169 e. The first-order chi connectivity index (χ1) is 6.56. The fraction of sp³-hybridized carbons (Fsp3) is 1.00. The molecule has 2 aliphatic rings. The SMILES string of the molecule is CC(C)C1(C)CCCC2(C1)OCCO2. The van der Waals surface area contributed by atoms with Crippen molar-refractivity contribution in [2.45, 2.75) is 52.2 Å². The van der Waals surface area contributed by atoms with Gasteiger partial charge in [0.15, 0.2) is 5.79 Å². The van der Waals surface area contributed by atoms with E-state index in [0.29, 0.717) is 11.3 Å². The molecule has 1 saturated carbocycles. The molecule has 0 aromatic heterocycles. The highest BCUT2D eigenvalue weighted by atomic mass is 16.7. The average molecular weight is 198 g/mol. The molecular weight excluding hydrogens is 176 g/mol. The quantitative estimate of drug-likeness (QED) is 0.645. The Morgan fingerprint density at radius 3 is 2.29 bits per heavy atom. The van der Waals surface area contributed by atoms with Gasteiger partial charge in [0, 0.05) is 12.8 Å². The third-order valence-corrected chi connectivity index (χ3v) is 4.19. The van der Waals surface area contributed by atoms with Crippen molar-refractivity contribution in [1.29, 1.82) is 0 Å². The topological polar surface area (TPSA) is 18.5 Å². The predicted molar refractivity (Wildman–Crippen MR) is 56.0 cm³/mol. The van der Waals surface area contributed by atoms with Crippen LogP contribution in [-0.4, -0.2) is 19.0 Å². The van der Waals surface area contributed by atoms with E-state index in [1.165, 1.54) is 12.8 Å². The third kappa shape index (κ3) is 1.70. The maximum absolute atomic E-state index is 5.80. The lowest BCUT2D eigenvalue weighted by Gasteiger charge is -2.45. The number of hydrogen-bond donors (Lipinski definition) is 0. The number of hydrogen-bond acceptors (Lipinski definition) is 2. The molecular formula is C12H22O2. The molecule has 0 radical (unpaired) electrons. The van der Waals surface area contributed by atoms with E-state index in [1.54, 1.807) is 0 Å². The summed E-state index contributed by atoms with van der Waals surface area (Å²) in [6, 6.07) is 0. The lowest BCUT2D eigenvalue weighted by Crippen LogP contribution is -2.43. The maximum Gasteiger partial charge on any atom is 0.169 e. The lowest BCUT2D eigenvalue weighted by atomic mass is 9.66. The Morgan fingerprint density at radius 2 is 1.71 bits per heavy atom. The maximum atomic E-state index is 5.80. The van der Waals surface area contributed by atoms with Gasteiger partial charge >= 0.3 is 0 Å². The molecule has 1 aliphatic heterocycles. The lowest BCUT2D eigenvalue weighted by molar-refractivity contribution is -0.205.